The molecule has 1 N–H and O–H groups in total. The number of hydrogen-bond acceptors (Lipinski definition) is 6. The molecule has 6 nitrogen and oxygen atoms in total. The molecule has 0 radical (unpaired) electrons. The van der Waals surface area contributed by atoms with Crippen molar-refractivity contribution in [1.29, 1.82) is 0 Å². The molecule has 2 aromatic carbocycles. The Hall–Kier alpha value is -3.73. The molecular formula is C29H30F5N5O. The zero-order chi connectivity index (χ0) is 28.8. The van der Waals surface area contributed by atoms with E-state index in [0.717, 1.165) is 38.2 Å². The lowest BCUT2D eigenvalue weighted by Crippen LogP contribution is -2.36. The highest BCUT2D eigenvalue weighted by Crippen LogP contribution is 2.48. The Bertz CT molecular complexity index is 1430. The van der Waals surface area contributed by atoms with Crippen LogP contribution in [-0.4, -0.2) is 47.7 Å². The van der Waals surface area contributed by atoms with E-state index < -0.39 is 17.6 Å². The Morgan fingerprint density at radius 1 is 1.07 bits per heavy atom. The molecular weight excluding hydrogens is 529 g/mol. The summed E-state index contributed by atoms with van der Waals surface area (Å²) in [5.74, 6) is -1.59. The van der Waals surface area contributed by atoms with Crippen LogP contribution in [0.2, 0.25) is 0 Å². The van der Waals surface area contributed by atoms with Crippen LogP contribution in [0.25, 0.3) is 11.3 Å². The van der Waals surface area contributed by atoms with Gasteiger partial charge in [-0.3, -0.25) is 0 Å². The third-order valence-corrected chi connectivity index (χ3v) is 7.31. The highest BCUT2D eigenvalue weighted by Gasteiger charge is 2.39. The third-order valence-electron chi connectivity index (χ3n) is 7.31. The van der Waals surface area contributed by atoms with Crippen molar-refractivity contribution in [3.63, 3.8) is 0 Å². The maximum atomic E-state index is 15.0. The summed E-state index contributed by atoms with van der Waals surface area (Å²) in [4.78, 5) is 11.9. The molecule has 40 heavy (non-hydrogen) atoms. The first-order chi connectivity index (χ1) is 18.9. The summed E-state index contributed by atoms with van der Waals surface area (Å²) < 4.78 is 77.7. The number of rotatable bonds is 5. The van der Waals surface area contributed by atoms with Gasteiger partial charge in [-0.15, -0.1) is 0 Å². The lowest BCUT2D eigenvalue weighted by Gasteiger charge is -2.37. The first-order valence-electron chi connectivity index (χ1n) is 13.1. The number of ether oxygens (including phenoxy) is 1. The summed E-state index contributed by atoms with van der Waals surface area (Å²) in [7, 11) is 2.04. The van der Waals surface area contributed by atoms with Crippen molar-refractivity contribution in [2.24, 2.45) is 0 Å². The van der Waals surface area contributed by atoms with Crippen LogP contribution in [-0.2, 0) is 6.18 Å². The van der Waals surface area contributed by atoms with Crippen LogP contribution in [0, 0.1) is 11.6 Å². The van der Waals surface area contributed by atoms with Gasteiger partial charge in [0.25, 0.3) is 0 Å². The van der Waals surface area contributed by atoms with Crippen LogP contribution < -0.4 is 15.0 Å². The predicted molar refractivity (Wildman–Crippen MR) is 144 cm³/mol. The van der Waals surface area contributed by atoms with E-state index in [9.17, 15) is 17.6 Å². The molecule has 2 aliphatic heterocycles. The van der Waals surface area contributed by atoms with Gasteiger partial charge in [-0.2, -0.15) is 13.2 Å². The second kappa shape index (κ2) is 10.7. The number of anilines is 3. The fraction of sp³-hybridized carbons (Fsp3) is 0.379. The number of halogens is 5. The second-order valence-electron chi connectivity index (χ2n) is 10.5. The van der Waals surface area contributed by atoms with Crippen molar-refractivity contribution >= 4 is 17.3 Å². The van der Waals surface area contributed by atoms with Gasteiger partial charge in [-0.25, -0.2) is 18.7 Å². The Morgan fingerprint density at radius 2 is 1.80 bits per heavy atom. The molecule has 0 saturated carbocycles. The number of nitrogens with one attached hydrogen (secondary N) is 1. The highest BCUT2D eigenvalue weighted by atomic mass is 19.4. The van der Waals surface area contributed by atoms with Crippen LogP contribution in [0.5, 0.6) is 5.75 Å². The van der Waals surface area contributed by atoms with Crippen molar-refractivity contribution in [1.82, 2.24) is 14.9 Å². The van der Waals surface area contributed by atoms with Gasteiger partial charge in [0, 0.05) is 23.0 Å². The quantitative estimate of drug-likeness (QED) is 0.336. The average Bonchev–Trinajstić information content (AvgIpc) is 2.89. The molecule has 5 rings (SSSR count). The van der Waals surface area contributed by atoms with Crippen LogP contribution >= 0.6 is 0 Å². The Kier molecular flexibility index (Phi) is 7.43. The highest BCUT2D eigenvalue weighted by molar-refractivity contribution is 5.77. The lowest BCUT2D eigenvalue weighted by atomic mass is 9.89. The summed E-state index contributed by atoms with van der Waals surface area (Å²) in [6.07, 6.45) is -2.18. The van der Waals surface area contributed by atoms with Crippen molar-refractivity contribution in [2.45, 2.75) is 44.8 Å². The third kappa shape index (κ3) is 5.47. The molecule has 0 spiro atoms. The van der Waals surface area contributed by atoms with E-state index in [1.54, 1.807) is 17.0 Å². The Labute approximate surface area is 229 Å². The second-order valence-corrected chi connectivity index (χ2v) is 10.5. The fourth-order valence-corrected chi connectivity index (χ4v) is 5.34. The summed E-state index contributed by atoms with van der Waals surface area (Å²) >= 11 is 0. The molecule has 2 aliphatic rings. The lowest BCUT2D eigenvalue weighted by molar-refractivity contribution is -0.138. The van der Waals surface area contributed by atoms with E-state index in [-0.39, 0.29) is 53.0 Å². The topological polar surface area (TPSA) is 53.5 Å². The molecule has 3 heterocycles. The summed E-state index contributed by atoms with van der Waals surface area (Å²) in [5.41, 5.74) is 0.0720. The Morgan fingerprint density at radius 3 is 2.45 bits per heavy atom. The van der Waals surface area contributed by atoms with E-state index >= 15 is 4.39 Å². The van der Waals surface area contributed by atoms with Crippen LogP contribution in [0.4, 0.5) is 39.3 Å². The van der Waals surface area contributed by atoms with Gasteiger partial charge < -0.3 is 19.9 Å². The number of likely N-dealkylation sites (tertiary alicyclic amines) is 1. The molecule has 0 aliphatic carbocycles. The molecule has 212 valence electrons. The zero-order valence-corrected chi connectivity index (χ0v) is 22.4. The number of hydrogen-bond donors (Lipinski definition) is 1. The minimum absolute atomic E-state index is 0.0875. The van der Waals surface area contributed by atoms with Gasteiger partial charge in [-0.05, 0) is 82.6 Å². The van der Waals surface area contributed by atoms with Gasteiger partial charge >= 0.3 is 6.18 Å². The fourth-order valence-electron chi connectivity index (χ4n) is 5.34. The SMILES string of the molecule is C=C1COc2c(cc(-c3nc(Nc4ccc(C5CCN(C)CC5)c(F)c4)ncc3F)cc2C(F)(F)F)N1C(C)C. The van der Waals surface area contributed by atoms with E-state index in [1.807, 2.05) is 20.9 Å². The number of piperidine rings is 1. The first-order valence-corrected chi connectivity index (χ1v) is 13.1. The van der Waals surface area contributed by atoms with Crippen LogP contribution in [0.1, 0.15) is 43.7 Å². The maximum absolute atomic E-state index is 15.0. The van der Waals surface area contributed by atoms with Crippen molar-refractivity contribution in [2.75, 3.05) is 37.0 Å². The molecule has 0 unspecified atom stereocenters. The zero-order valence-electron chi connectivity index (χ0n) is 22.4. The summed E-state index contributed by atoms with van der Waals surface area (Å²) in [6.45, 7) is 9.22. The van der Waals surface area contributed by atoms with Gasteiger partial charge in [-0.1, -0.05) is 12.6 Å². The molecule has 3 aromatic rings. The minimum atomic E-state index is -4.76. The van der Waals surface area contributed by atoms with Gasteiger partial charge in [0.05, 0.1) is 11.9 Å². The molecule has 0 atom stereocenters. The van der Waals surface area contributed by atoms with Crippen molar-refractivity contribution in [3.05, 3.63) is 71.6 Å². The van der Waals surface area contributed by atoms with Crippen LogP contribution in [0.3, 0.4) is 0 Å². The molecule has 0 amide bonds. The van der Waals surface area contributed by atoms with Gasteiger partial charge in [0.15, 0.2) is 11.6 Å². The number of aromatic nitrogens is 2. The largest absolute Gasteiger partial charge is 0.485 e. The molecule has 1 fully saturated rings. The number of benzene rings is 2. The molecule has 11 heteroatoms. The van der Waals surface area contributed by atoms with E-state index in [2.05, 4.69) is 26.8 Å². The maximum Gasteiger partial charge on any atom is 0.420 e. The molecule has 0 bridgehead atoms. The normalized spacial score (nSPS) is 16.7. The van der Waals surface area contributed by atoms with E-state index in [4.69, 9.17) is 4.74 Å². The summed E-state index contributed by atoms with van der Waals surface area (Å²) in [5, 5.41) is 2.85. The molecule has 1 saturated heterocycles. The van der Waals surface area contributed by atoms with E-state index in [0.29, 0.717) is 16.9 Å². The average molecular weight is 560 g/mol. The number of fused-ring (bicyclic) bond motifs is 1. The smallest absolute Gasteiger partial charge is 0.420 e. The summed E-state index contributed by atoms with van der Waals surface area (Å²) in [6, 6.07) is 6.71. The number of alkyl halides is 3. The van der Waals surface area contributed by atoms with Gasteiger partial charge in [0.2, 0.25) is 5.95 Å². The standard InChI is InChI=1S/C29H30F5N5O/c1-16(2)39-17(3)15-40-27-22(29(32,33)34)11-19(12-25(27)39)26-24(31)14-35-28(37-26)36-20-5-6-21(23(30)13-20)18-7-9-38(4)10-8-18/h5-6,11-14,16,18H,3,7-10,15H2,1-2,4H3,(H,35,36,37). The first kappa shape index (κ1) is 27.8. The van der Waals surface area contributed by atoms with Gasteiger partial charge in [0.1, 0.15) is 23.7 Å². The monoisotopic (exact) mass is 559 g/mol. The van der Waals surface area contributed by atoms with E-state index in [1.165, 1.54) is 12.1 Å². The molecule has 1 aromatic heterocycles. The van der Waals surface area contributed by atoms with Crippen molar-refractivity contribution in [3.8, 4) is 17.0 Å². The predicted octanol–water partition coefficient (Wildman–Crippen LogP) is 7.11. The Balaban J connectivity index is 1.49. The van der Waals surface area contributed by atoms with Crippen molar-refractivity contribution < 1.29 is 26.7 Å². The minimum Gasteiger partial charge on any atom is -0.485 e. The number of nitrogens with zero attached hydrogens (tertiary/aromatic N) is 4. The van der Waals surface area contributed by atoms with Crippen LogP contribution in [0.15, 0.2) is 48.8 Å².